The van der Waals surface area contributed by atoms with Gasteiger partial charge in [-0.25, -0.2) is 4.98 Å². The van der Waals surface area contributed by atoms with E-state index < -0.39 is 12.0 Å². The van der Waals surface area contributed by atoms with Gasteiger partial charge < -0.3 is 20.3 Å². The number of carbonyl (C=O) groups is 2. The van der Waals surface area contributed by atoms with Gasteiger partial charge in [0.2, 0.25) is 5.91 Å². The minimum Gasteiger partial charge on any atom is -0.477 e. The molecule has 3 heterocycles. The summed E-state index contributed by atoms with van der Waals surface area (Å²) >= 11 is 1.76. The highest BCUT2D eigenvalue weighted by Crippen LogP contribution is 2.35. The van der Waals surface area contributed by atoms with Crippen molar-refractivity contribution in [1.29, 1.82) is 0 Å². The topological polar surface area (TPSA) is 88.8 Å². The first kappa shape index (κ1) is 19.8. The van der Waals surface area contributed by atoms with Crippen molar-refractivity contribution in [2.75, 3.05) is 31.1 Å². The van der Waals surface area contributed by atoms with E-state index >= 15 is 0 Å². The van der Waals surface area contributed by atoms with Crippen LogP contribution >= 0.6 is 11.3 Å². The van der Waals surface area contributed by atoms with Crippen molar-refractivity contribution < 1.29 is 14.3 Å². The van der Waals surface area contributed by atoms with E-state index in [2.05, 4.69) is 6.07 Å². The second-order valence-electron chi connectivity index (χ2n) is 8.03. The predicted molar refractivity (Wildman–Crippen MR) is 120 cm³/mol. The van der Waals surface area contributed by atoms with Gasteiger partial charge in [0, 0.05) is 19.0 Å². The number of nitrogens with two attached hydrogens (primary N) is 1. The Hall–Kier alpha value is -3.13. The van der Waals surface area contributed by atoms with Crippen molar-refractivity contribution in [3.8, 4) is 5.75 Å². The molecule has 3 aromatic rings. The Morgan fingerprint density at radius 2 is 1.84 bits per heavy atom. The van der Waals surface area contributed by atoms with E-state index in [9.17, 15) is 9.59 Å². The van der Waals surface area contributed by atoms with Gasteiger partial charge >= 0.3 is 0 Å². The number of ether oxygens (including phenoxy) is 1. The molecule has 2 aromatic carbocycles. The Balaban J connectivity index is 1.24. The molecule has 1 fully saturated rings. The predicted octanol–water partition coefficient (Wildman–Crippen LogP) is 2.76. The number of carbonyl (C=O) groups excluding carboxylic acids is 2. The van der Waals surface area contributed by atoms with Gasteiger partial charge in [-0.2, -0.15) is 0 Å². The average molecular weight is 437 g/mol. The lowest BCUT2D eigenvalue weighted by Gasteiger charge is -2.37. The van der Waals surface area contributed by atoms with Gasteiger partial charge in [0.1, 0.15) is 5.75 Å². The van der Waals surface area contributed by atoms with Crippen LogP contribution in [-0.2, 0) is 9.59 Å². The van der Waals surface area contributed by atoms with Crippen molar-refractivity contribution in [2.24, 2.45) is 5.73 Å². The standard InChI is InChI=1S/C23H24N4O3S/c24-22(29)19-13-27(17-6-2-3-7-18(17)30-19)14-21(28)26-11-9-15(10-12-26)23-25-16-5-1-4-8-20(16)31-23/h1-8,15,19H,9-14H2,(H2,24,29)/t19-/m0/s1. The largest absolute Gasteiger partial charge is 0.477 e. The first-order valence-electron chi connectivity index (χ1n) is 10.5. The van der Waals surface area contributed by atoms with Crippen LogP contribution in [0.1, 0.15) is 23.8 Å². The molecule has 2 amide bonds. The van der Waals surface area contributed by atoms with Crippen LogP contribution in [0.3, 0.4) is 0 Å². The third-order valence-corrected chi connectivity index (χ3v) is 7.21. The summed E-state index contributed by atoms with van der Waals surface area (Å²) in [5.74, 6) is 0.510. The van der Waals surface area contributed by atoms with Crippen LogP contribution in [0.2, 0.25) is 0 Å². The van der Waals surface area contributed by atoms with Gasteiger partial charge in [0.15, 0.2) is 6.10 Å². The van der Waals surface area contributed by atoms with Gasteiger partial charge in [0.05, 0.1) is 34.0 Å². The van der Waals surface area contributed by atoms with Crippen LogP contribution in [-0.4, -0.2) is 54.0 Å². The highest BCUT2D eigenvalue weighted by Gasteiger charge is 2.32. The normalized spacial score (nSPS) is 19.2. The average Bonchev–Trinajstić information content (AvgIpc) is 3.23. The number of benzene rings is 2. The first-order valence-corrected chi connectivity index (χ1v) is 11.3. The van der Waals surface area contributed by atoms with Crippen LogP contribution in [0.15, 0.2) is 48.5 Å². The first-order chi connectivity index (χ1) is 15.1. The second kappa shape index (κ2) is 8.19. The summed E-state index contributed by atoms with van der Waals surface area (Å²) in [5, 5.41) is 1.17. The molecule has 2 aliphatic rings. The summed E-state index contributed by atoms with van der Waals surface area (Å²) in [6.45, 7) is 1.91. The minimum absolute atomic E-state index is 0.0580. The summed E-state index contributed by atoms with van der Waals surface area (Å²) in [4.78, 5) is 33.4. The number of nitrogens with zero attached hydrogens (tertiary/aromatic N) is 3. The molecule has 160 valence electrons. The van der Waals surface area contributed by atoms with E-state index in [1.54, 1.807) is 17.4 Å². The fourth-order valence-corrected chi connectivity index (χ4v) is 5.45. The van der Waals surface area contributed by atoms with Gasteiger partial charge in [-0.3, -0.25) is 9.59 Å². The van der Waals surface area contributed by atoms with Crippen molar-refractivity contribution in [2.45, 2.75) is 24.9 Å². The number of anilines is 1. The molecule has 0 radical (unpaired) electrons. The van der Waals surface area contributed by atoms with Crippen molar-refractivity contribution in [3.05, 3.63) is 53.5 Å². The molecular formula is C23H24N4O3S. The fourth-order valence-electron chi connectivity index (χ4n) is 4.31. The number of primary amides is 1. The number of thiazole rings is 1. The molecule has 0 spiro atoms. The van der Waals surface area contributed by atoms with Crippen LogP contribution in [0.5, 0.6) is 5.75 Å². The smallest absolute Gasteiger partial charge is 0.260 e. The van der Waals surface area contributed by atoms with Crippen molar-refractivity contribution in [3.63, 3.8) is 0 Å². The summed E-state index contributed by atoms with van der Waals surface area (Å²) in [6, 6.07) is 15.6. The molecule has 2 N–H and O–H groups in total. The summed E-state index contributed by atoms with van der Waals surface area (Å²) in [6.07, 6.45) is 1.07. The van der Waals surface area contributed by atoms with E-state index in [1.807, 2.05) is 46.2 Å². The van der Waals surface area contributed by atoms with E-state index in [0.717, 1.165) is 24.0 Å². The van der Waals surface area contributed by atoms with E-state index in [1.165, 1.54) is 9.71 Å². The maximum absolute atomic E-state index is 13.1. The number of aromatic nitrogens is 1. The summed E-state index contributed by atoms with van der Waals surface area (Å²) in [7, 11) is 0. The van der Waals surface area contributed by atoms with Crippen LogP contribution in [0.4, 0.5) is 5.69 Å². The number of piperidine rings is 1. The molecular weight excluding hydrogens is 412 g/mol. The van der Waals surface area contributed by atoms with Crippen molar-refractivity contribution >= 4 is 39.1 Å². The Labute approximate surface area is 184 Å². The number of likely N-dealkylation sites (tertiary alicyclic amines) is 1. The molecule has 8 heteroatoms. The number of hydrogen-bond donors (Lipinski definition) is 1. The fraction of sp³-hybridized carbons (Fsp3) is 0.348. The van der Waals surface area contributed by atoms with Gasteiger partial charge in [0.25, 0.3) is 5.91 Å². The molecule has 7 nitrogen and oxygen atoms in total. The molecule has 0 aliphatic carbocycles. The van der Waals surface area contributed by atoms with Crippen LogP contribution in [0, 0.1) is 0 Å². The quantitative estimate of drug-likeness (QED) is 0.679. The molecule has 0 unspecified atom stereocenters. The van der Waals surface area contributed by atoms with Crippen molar-refractivity contribution in [1.82, 2.24) is 9.88 Å². The molecule has 1 atom stereocenters. The maximum Gasteiger partial charge on any atom is 0.260 e. The number of hydrogen-bond acceptors (Lipinski definition) is 6. The minimum atomic E-state index is -0.757. The zero-order chi connectivity index (χ0) is 21.4. The van der Waals surface area contributed by atoms with Gasteiger partial charge in [-0.15, -0.1) is 11.3 Å². The third kappa shape index (κ3) is 3.95. The van der Waals surface area contributed by atoms with Crippen LogP contribution in [0.25, 0.3) is 10.2 Å². The lowest BCUT2D eigenvalue weighted by atomic mass is 9.97. The van der Waals surface area contributed by atoms with E-state index in [4.69, 9.17) is 15.5 Å². The number of amides is 2. The maximum atomic E-state index is 13.1. The zero-order valence-electron chi connectivity index (χ0n) is 17.1. The van der Waals surface area contributed by atoms with Gasteiger partial charge in [-0.05, 0) is 37.1 Å². The Morgan fingerprint density at radius 3 is 2.61 bits per heavy atom. The summed E-state index contributed by atoms with van der Waals surface area (Å²) < 4.78 is 6.91. The molecule has 5 rings (SSSR count). The highest BCUT2D eigenvalue weighted by molar-refractivity contribution is 7.18. The monoisotopic (exact) mass is 436 g/mol. The second-order valence-corrected chi connectivity index (χ2v) is 9.09. The number of rotatable bonds is 4. The molecule has 1 aromatic heterocycles. The Kier molecular flexibility index (Phi) is 5.23. The number of fused-ring (bicyclic) bond motifs is 2. The lowest BCUT2D eigenvalue weighted by molar-refractivity contribution is -0.131. The number of para-hydroxylation sites is 3. The Morgan fingerprint density at radius 1 is 1.10 bits per heavy atom. The van der Waals surface area contributed by atoms with Crippen LogP contribution < -0.4 is 15.4 Å². The SMILES string of the molecule is NC(=O)[C@@H]1CN(CC(=O)N2CCC(c3nc4ccccc4s3)CC2)c2ccccc2O1. The summed E-state index contributed by atoms with van der Waals surface area (Å²) in [5.41, 5.74) is 7.34. The lowest BCUT2D eigenvalue weighted by Crippen LogP contribution is -2.51. The zero-order valence-corrected chi connectivity index (χ0v) is 17.9. The molecule has 1 saturated heterocycles. The van der Waals surface area contributed by atoms with E-state index in [-0.39, 0.29) is 19.0 Å². The van der Waals surface area contributed by atoms with E-state index in [0.29, 0.717) is 24.8 Å². The Bertz CT molecular complexity index is 1090. The molecule has 2 aliphatic heterocycles. The highest BCUT2D eigenvalue weighted by atomic mass is 32.1. The third-order valence-electron chi connectivity index (χ3n) is 6.01. The van der Waals surface area contributed by atoms with Gasteiger partial charge in [-0.1, -0.05) is 24.3 Å². The molecule has 31 heavy (non-hydrogen) atoms. The molecule has 0 bridgehead atoms. The molecule has 0 saturated carbocycles.